The van der Waals surface area contributed by atoms with Gasteiger partial charge < -0.3 is 4.90 Å². The monoisotopic (exact) mass is 507 g/mol. The molecule has 37 heavy (non-hydrogen) atoms. The van der Waals surface area contributed by atoms with Crippen molar-refractivity contribution in [3.63, 3.8) is 0 Å². The number of rotatable bonds is 7. The van der Waals surface area contributed by atoms with Crippen LogP contribution in [0.4, 0.5) is 38.4 Å². The van der Waals surface area contributed by atoms with Crippen LogP contribution in [0.3, 0.4) is 0 Å². The lowest BCUT2D eigenvalue weighted by atomic mass is 10.1. The molecular weight excluding hydrogens is 478 g/mol. The van der Waals surface area contributed by atoms with E-state index in [-0.39, 0.29) is 0 Å². The van der Waals surface area contributed by atoms with Crippen LogP contribution >= 0.6 is 11.3 Å². The molecule has 2 heterocycles. The third kappa shape index (κ3) is 6.80. The number of thiophene rings is 1. The van der Waals surface area contributed by atoms with Crippen molar-refractivity contribution in [1.82, 2.24) is 0 Å². The molecule has 0 radical (unpaired) electrons. The minimum Gasteiger partial charge on any atom is -0.363 e. The smallest absolute Gasteiger partial charge is 0.140 e. The lowest BCUT2D eigenvalue weighted by Crippen LogP contribution is -2.28. The summed E-state index contributed by atoms with van der Waals surface area (Å²) in [7, 11) is 0. The maximum atomic E-state index is 4.45. The highest BCUT2D eigenvalue weighted by atomic mass is 32.1. The summed E-state index contributed by atoms with van der Waals surface area (Å²) in [6, 6.07) is 25.5. The molecule has 1 aliphatic heterocycles. The fourth-order valence-corrected chi connectivity index (χ4v) is 4.88. The van der Waals surface area contributed by atoms with Crippen LogP contribution in [0.1, 0.15) is 30.4 Å². The Balaban J connectivity index is 1.19. The molecule has 1 saturated heterocycles. The fraction of sp³-hybridized carbons (Fsp3) is 0.241. The molecule has 0 atom stereocenters. The minimum absolute atomic E-state index is 0.750. The highest BCUT2D eigenvalue weighted by Gasteiger charge is 2.12. The number of benzene rings is 3. The molecule has 186 valence electrons. The summed E-state index contributed by atoms with van der Waals surface area (Å²) in [4.78, 5) is 2.44. The van der Waals surface area contributed by atoms with E-state index >= 15 is 0 Å². The van der Waals surface area contributed by atoms with E-state index in [1.54, 1.807) is 11.3 Å². The van der Waals surface area contributed by atoms with Crippen molar-refractivity contribution < 1.29 is 0 Å². The fourth-order valence-electron chi connectivity index (χ4n) is 4.00. The quantitative estimate of drug-likeness (QED) is 0.229. The number of anilines is 1. The van der Waals surface area contributed by atoms with Crippen LogP contribution in [0, 0.1) is 13.8 Å². The van der Waals surface area contributed by atoms with E-state index in [9.17, 15) is 0 Å². The van der Waals surface area contributed by atoms with Crippen molar-refractivity contribution >= 4 is 49.8 Å². The molecule has 0 N–H and O–H groups in total. The van der Waals surface area contributed by atoms with Crippen molar-refractivity contribution in [2.75, 3.05) is 18.0 Å². The Morgan fingerprint density at radius 1 is 0.568 bits per heavy atom. The second-order valence-corrected chi connectivity index (χ2v) is 10.1. The normalized spacial score (nSPS) is 14.4. The summed E-state index contributed by atoms with van der Waals surface area (Å²) in [6.45, 7) is 6.32. The third-order valence-corrected chi connectivity index (χ3v) is 7.16. The number of hydrogen-bond acceptors (Lipinski definition) is 8. The molecule has 5 rings (SSSR count). The minimum atomic E-state index is 0.750. The SMILES string of the molecule is Cc1ccc(N=Nc2ccc(N=Nc3ccc(N=Nc4ccc(N5CCCCC5)s4)cc3C)cc2)cc1. The summed E-state index contributed by atoms with van der Waals surface area (Å²) in [5.74, 6) is 0. The average molecular weight is 508 g/mol. The van der Waals surface area contributed by atoms with E-state index in [0.29, 0.717) is 0 Å². The second kappa shape index (κ2) is 11.8. The molecule has 0 aliphatic carbocycles. The van der Waals surface area contributed by atoms with Gasteiger partial charge in [-0.2, -0.15) is 20.5 Å². The zero-order valence-corrected chi connectivity index (χ0v) is 21.9. The molecule has 8 heteroatoms. The molecule has 0 amide bonds. The van der Waals surface area contributed by atoms with Crippen LogP contribution in [0.2, 0.25) is 0 Å². The standard InChI is InChI=1S/C29H29N7S/c1-21-6-8-23(9-7-21)30-31-24-10-12-25(13-11-24)32-34-27-15-14-26(20-22(27)2)33-35-28-16-17-29(37-28)36-18-4-3-5-19-36/h6-17,20H,3-5,18-19H2,1-2H3. The Morgan fingerprint density at radius 3 is 1.78 bits per heavy atom. The van der Waals surface area contributed by atoms with Crippen molar-refractivity contribution in [3.05, 3.63) is 90.0 Å². The first-order chi connectivity index (χ1) is 18.1. The molecule has 3 aromatic carbocycles. The number of azo groups is 3. The predicted molar refractivity (Wildman–Crippen MR) is 152 cm³/mol. The van der Waals surface area contributed by atoms with Crippen molar-refractivity contribution in [2.24, 2.45) is 30.7 Å². The van der Waals surface area contributed by atoms with E-state index in [1.807, 2.05) is 86.6 Å². The Labute approximate surface area is 221 Å². The topological polar surface area (TPSA) is 77.4 Å². The van der Waals surface area contributed by atoms with Crippen LogP contribution in [0.15, 0.2) is 110 Å². The van der Waals surface area contributed by atoms with Gasteiger partial charge >= 0.3 is 0 Å². The zero-order chi connectivity index (χ0) is 25.5. The number of hydrogen-bond donors (Lipinski definition) is 0. The largest absolute Gasteiger partial charge is 0.363 e. The summed E-state index contributed by atoms with van der Waals surface area (Å²) >= 11 is 1.69. The van der Waals surface area contributed by atoms with E-state index in [4.69, 9.17) is 0 Å². The third-order valence-electron chi connectivity index (χ3n) is 6.13. The Morgan fingerprint density at radius 2 is 1.14 bits per heavy atom. The van der Waals surface area contributed by atoms with Gasteiger partial charge in [-0.3, -0.25) is 0 Å². The van der Waals surface area contributed by atoms with Crippen molar-refractivity contribution in [2.45, 2.75) is 33.1 Å². The van der Waals surface area contributed by atoms with Gasteiger partial charge in [-0.25, -0.2) is 0 Å². The van der Waals surface area contributed by atoms with Crippen LogP contribution in [-0.4, -0.2) is 13.1 Å². The van der Waals surface area contributed by atoms with E-state index in [1.165, 1.54) is 29.8 Å². The molecule has 1 fully saturated rings. The van der Waals surface area contributed by atoms with Crippen LogP contribution in [0.25, 0.3) is 0 Å². The number of aryl methyl sites for hydroxylation is 2. The van der Waals surface area contributed by atoms with Crippen LogP contribution < -0.4 is 4.90 Å². The van der Waals surface area contributed by atoms with E-state index in [0.717, 1.165) is 52.1 Å². The van der Waals surface area contributed by atoms with E-state index in [2.05, 4.69) is 41.7 Å². The maximum absolute atomic E-state index is 4.45. The summed E-state index contributed by atoms with van der Waals surface area (Å²) in [5.41, 5.74) is 6.12. The first-order valence-corrected chi connectivity index (χ1v) is 13.3. The zero-order valence-electron chi connectivity index (χ0n) is 21.1. The molecule has 0 unspecified atom stereocenters. The van der Waals surface area contributed by atoms with Crippen molar-refractivity contribution in [3.8, 4) is 0 Å². The molecular formula is C29H29N7S. The van der Waals surface area contributed by atoms with Gasteiger partial charge in [0, 0.05) is 13.1 Å². The predicted octanol–water partition coefficient (Wildman–Crippen LogP) is 10.6. The van der Waals surface area contributed by atoms with Gasteiger partial charge in [0.2, 0.25) is 0 Å². The van der Waals surface area contributed by atoms with Gasteiger partial charge in [0.15, 0.2) is 0 Å². The highest BCUT2D eigenvalue weighted by molar-refractivity contribution is 7.19. The van der Waals surface area contributed by atoms with Crippen molar-refractivity contribution in [1.29, 1.82) is 0 Å². The Bertz CT molecular complexity index is 1410. The summed E-state index contributed by atoms with van der Waals surface area (Å²) in [6.07, 6.45) is 3.87. The lowest BCUT2D eigenvalue weighted by Gasteiger charge is -2.26. The summed E-state index contributed by atoms with van der Waals surface area (Å²) < 4.78 is 0. The van der Waals surface area contributed by atoms with Crippen LogP contribution in [-0.2, 0) is 0 Å². The lowest BCUT2D eigenvalue weighted by molar-refractivity contribution is 0.580. The van der Waals surface area contributed by atoms with E-state index < -0.39 is 0 Å². The molecule has 7 nitrogen and oxygen atoms in total. The van der Waals surface area contributed by atoms with Gasteiger partial charge in [0.1, 0.15) is 5.00 Å². The molecule has 1 aromatic heterocycles. The van der Waals surface area contributed by atoms with Crippen LogP contribution in [0.5, 0.6) is 0 Å². The average Bonchev–Trinajstić information content (AvgIpc) is 3.41. The van der Waals surface area contributed by atoms with Gasteiger partial charge in [-0.15, -0.1) is 10.2 Å². The number of nitrogens with zero attached hydrogens (tertiary/aromatic N) is 7. The van der Waals surface area contributed by atoms with Gasteiger partial charge in [-0.05, 0) is 105 Å². The summed E-state index contributed by atoms with van der Waals surface area (Å²) in [5, 5.41) is 28.4. The Hall–Kier alpha value is -4.04. The molecule has 1 aliphatic rings. The molecule has 4 aromatic rings. The van der Waals surface area contributed by atoms with Gasteiger partial charge in [0.25, 0.3) is 0 Å². The Kier molecular flexibility index (Phi) is 7.86. The first kappa shape index (κ1) is 24.6. The second-order valence-electron chi connectivity index (χ2n) is 9.08. The molecule has 0 bridgehead atoms. The first-order valence-electron chi connectivity index (χ1n) is 12.5. The van der Waals surface area contributed by atoms with Gasteiger partial charge in [-0.1, -0.05) is 29.0 Å². The molecule has 0 spiro atoms. The highest BCUT2D eigenvalue weighted by Crippen LogP contribution is 2.35. The maximum Gasteiger partial charge on any atom is 0.140 e. The molecule has 0 saturated carbocycles. The van der Waals surface area contributed by atoms with Gasteiger partial charge in [0.05, 0.1) is 33.4 Å². The number of piperidine rings is 1.